The second kappa shape index (κ2) is 6.92. The largest absolute Gasteiger partial charge is 0.325 e. The van der Waals surface area contributed by atoms with Gasteiger partial charge in [0.1, 0.15) is 11.5 Å². The van der Waals surface area contributed by atoms with E-state index in [1.165, 1.54) is 35.4 Å². The zero-order valence-electron chi connectivity index (χ0n) is 15.9. The van der Waals surface area contributed by atoms with Crippen LogP contribution in [0.3, 0.4) is 0 Å². The fraction of sp³-hybridized carbons (Fsp3) is 0.217. The van der Waals surface area contributed by atoms with Crippen molar-refractivity contribution >= 4 is 17.4 Å². The van der Waals surface area contributed by atoms with Crippen LogP contribution >= 0.6 is 0 Å². The van der Waals surface area contributed by atoms with Crippen LogP contribution in [0.2, 0.25) is 0 Å². The summed E-state index contributed by atoms with van der Waals surface area (Å²) >= 11 is 0. The first-order valence-corrected chi connectivity index (χ1v) is 9.79. The van der Waals surface area contributed by atoms with Crippen LogP contribution < -0.4 is 5.32 Å². The summed E-state index contributed by atoms with van der Waals surface area (Å²) in [6.45, 7) is 0. The minimum absolute atomic E-state index is 0.0529. The van der Waals surface area contributed by atoms with Gasteiger partial charge in [0.15, 0.2) is 5.92 Å². The number of aromatic nitrogens is 2. The average Bonchev–Trinajstić information content (AvgIpc) is 3.32. The van der Waals surface area contributed by atoms with E-state index in [1.54, 1.807) is 0 Å². The predicted molar refractivity (Wildman–Crippen MR) is 107 cm³/mol. The Hall–Kier alpha value is -3.79. The van der Waals surface area contributed by atoms with Gasteiger partial charge in [-0.25, -0.2) is 4.39 Å². The Labute approximate surface area is 171 Å². The smallest absolute Gasteiger partial charge is 0.249 e. The fourth-order valence-electron chi connectivity index (χ4n) is 4.59. The summed E-state index contributed by atoms with van der Waals surface area (Å²) in [5.74, 6) is -3.29. The average molecular weight is 400 g/mol. The Kier molecular flexibility index (Phi) is 4.21. The molecule has 0 saturated heterocycles. The lowest BCUT2D eigenvalue weighted by molar-refractivity contribution is -0.117. The minimum Gasteiger partial charge on any atom is -0.325 e. The molecule has 2 aromatic carbocycles. The standard InChI is InChI=1S/C23H17FN4O2/c24-13-7-9-14(10-8-13)26-23(30)17(11-25)22(29)21-19-15-5-1-3-12-4-2-6-16(18(12)15)20(19)27-28-21/h2,4,6-10,15,17H,1,3,5H2,(H,26,30)(H,27,28). The van der Waals surface area contributed by atoms with Crippen LogP contribution in [0, 0.1) is 23.1 Å². The SMILES string of the molecule is N#CC(C(=O)Nc1ccc(F)cc1)C(=O)c1[nH]nc2c1C1CCCc3cccc-2c31. The minimum atomic E-state index is -1.54. The van der Waals surface area contributed by atoms with Crippen LogP contribution in [0.4, 0.5) is 10.1 Å². The number of ketones is 1. The highest BCUT2D eigenvalue weighted by molar-refractivity contribution is 6.16. The molecule has 1 heterocycles. The van der Waals surface area contributed by atoms with Gasteiger partial charge in [0, 0.05) is 22.7 Å². The molecule has 6 nitrogen and oxygen atoms in total. The number of amides is 1. The number of rotatable bonds is 4. The van der Waals surface area contributed by atoms with E-state index >= 15 is 0 Å². The summed E-state index contributed by atoms with van der Waals surface area (Å²) in [6, 6.07) is 13.0. The molecule has 2 aliphatic rings. The van der Waals surface area contributed by atoms with Crippen LogP contribution in [0.1, 0.15) is 45.9 Å². The van der Waals surface area contributed by atoms with Gasteiger partial charge in [-0.05, 0) is 54.7 Å². The maximum absolute atomic E-state index is 13.2. The highest BCUT2D eigenvalue weighted by Crippen LogP contribution is 2.51. The van der Waals surface area contributed by atoms with Crippen molar-refractivity contribution in [3.63, 3.8) is 0 Å². The van der Waals surface area contributed by atoms with Gasteiger partial charge in [-0.1, -0.05) is 18.2 Å². The zero-order chi connectivity index (χ0) is 20.8. The van der Waals surface area contributed by atoms with Gasteiger partial charge < -0.3 is 5.32 Å². The van der Waals surface area contributed by atoms with Crippen molar-refractivity contribution in [2.75, 3.05) is 5.32 Å². The highest BCUT2D eigenvalue weighted by Gasteiger charge is 2.40. The first-order valence-electron chi connectivity index (χ1n) is 9.79. The molecule has 2 N–H and O–H groups in total. The monoisotopic (exact) mass is 400 g/mol. The van der Waals surface area contributed by atoms with Gasteiger partial charge in [0.2, 0.25) is 11.7 Å². The van der Waals surface area contributed by atoms with Crippen molar-refractivity contribution in [3.8, 4) is 17.3 Å². The maximum Gasteiger partial charge on any atom is 0.249 e. The van der Waals surface area contributed by atoms with Crippen LogP contribution in [0.15, 0.2) is 42.5 Å². The quantitative estimate of drug-likeness (QED) is 0.512. The molecule has 0 bridgehead atoms. The number of benzene rings is 2. The summed E-state index contributed by atoms with van der Waals surface area (Å²) < 4.78 is 13.1. The van der Waals surface area contributed by atoms with Crippen LogP contribution in [0.25, 0.3) is 11.3 Å². The summed E-state index contributed by atoms with van der Waals surface area (Å²) in [6.07, 6.45) is 2.90. The summed E-state index contributed by atoms with van der Waals surface area (Å²) in [5.41, 5.74) is 5.56. The maximum atomic E-state index is 13.2. The van der Waals surface area contributed by atoms with E-state index in [-0.39, 0.29) is 11.6 Å². The van der Waals surface area contributed by atoms with E-state index in [2.05, 4.69) is 21.6 Å². The lowest BCUT2D eigenvalue weighted by Crippen LogP contribution is -2.29. The van der Waals surface area contributed by atoms with Crippen LogP contribution in [0.5, 0.6) is 0 Å². The van der Waals surface area contributed by atoms with Crippen molar-refractivity contribution in [1.82, 2.24) is 10.2 Å². The number of fused-ring (bicyclic) bond motifs is 3. The van der Waals surface area contributed by atoms with Crippen molar-refractivity contribution in [3.05, 3.63) is 70.7 Å². The molecule has 30 heavy (non-hydrogen) atoms. The van der Waals surface area contributed by atoms with Crippen molar-refractivity contribution in [2.45, 2.75) is 25.2 Å². The number of H-pyrrole nitrogens is 1. The van der Waals surface area contributed by atoms with Gasteiger partial charge in [-0.2, -0.15) is 10.4 Å². The van der Waals surface area contributed by atoms with E-state index in [1.807, 2.05) is 18.2 Å². The third-order valence-electron chi connectivity index (χ3n) is 5.90. The van der Waals surface area contributed by atoms with Crippen molar-refractivity contribution in [1.29, 1.82) is 5.26 Å². The molecule has 2 aliphatic carbocycles. The number of Topliss-reactive ketones (excluding diaryl/α,β-unsaturated/α-hetero) is 1. The molecule has 0 radical (unpaired) electrons. The molecule has 0 aliphatic heterocycles. The Morgan fingerprint density at radius 2 is 2.00 bits per heavy atom. The number of hydrogen-bond donors (Lipinski definition) is 2. The Morgan fingerprint density at radius 1 is 1.20 bits per heavy atom. The van der Waals surface area contributed by atoms with Gasteiger partial charge in [-0.3, -0.25) is 14.7 Å². The number of aryl methyl sites for hydroxylation is 1. The van der Waals surface area contributed by atoms with Crippen LogP contribution in [-0.2, 0) is 11.2 Å². The Morgan fingerprint density at radius 3 is 2.77 bits per heavy atom. The molecule has 5 rings (SSSR count). The van der Waals surface area contributed by atoms with Gasteiger partial charge in [-0.15, -0.1) is 0 Å². The van der Waals surface area contributed by atoms with Gasteiger partial charge in [0.25, 0.3) is 0 Å². The predicted octanol–water partition coefficient (Wildman–Crippen LogP) is 3.96. The molecule has 3 aromatic rings. The third kappa shape index (κ3) is 2.72. The lowest BCUT2D eigenvalue weighted by Gasteiger charge is -2.22. The van der Waals surface area contributed by atoms with E-state index < -0.39 is 23.4 Å². The number of carbonyl (C=O) groups excluding carboxylic acids is 2. The van der Waals surface area contributed by atoms with Gasteiger partial charge >= 0.3 is 0 Å². The molecule has 2 atom stereocenters. The van der Waals surface area contributed by atoms with Crippen molar-refractivity contribution < 1.29 is 14.0 Å². The van der Waals surface area contributed by atoms with Gasteiger partial charge in [0.05, 0.1) is 11.8 Å². The lowest BCUT2D eigenvalue weighted by atomic mass is 9.81. The zero-order valence-corrected chi connectivity index (χ0v) is 15.9. The second-order valence-electron chi connectivity index (χ2n) is 7.61. The van der Waals surface area contributed by atoms with Crippen molar-refractivity contribution in [2.24, 2.45) is 5.92 Å². The van der Waals surface area contributed by atoms with E-state index in [9.17, 15) is 19.2 Å². The number of halogens is 1. The fourth-order valence-corrected chi connectivity index (χ4v) is 4.59. The molecule has 1 amide bonds. The van der Waals surface area contributed by atoms with Crippen LogP contribution in [-0.4, -0.2) is 21.9 Å². The topological polar surface area (TPSA) is 98.6 Å². The molecule has 2 unspecified atom stereocenters. The molecule has 7 heteroatoms. The molecule has 148 valence electrons. The number of hydrogen-bond acceptors (Lipinski definition) is 4. The number of nitrogens with zero attached hydrogens (tertiary/aromatic N) is 2. The van der Waals surface area contributed by atoms with E-state index in [0.717, 1.165) is 36.1 Å². The molecule has 1 aromatic heterocycles. The number of carbonyl (C=O) groups is 2. The number of anilines is 1. The second-order valence-corrected chi connectivity index (χ2v) is 7.61. The highest BCUT2D eigenvalue weighted by atomic mass is 19.1. The Balaban J connectivity index is 1.47. The molecular weight excluding hydrogens is 383 g/mol. The Bertz CT molecular complexity index is 1220. The molecule has 0 spiro atoms. The first-order chi connectivity index (χ1) is 14.6. The molecular formula is C23H17FN4O2. The molecule has 0 fully saturated rings. The summed E-state index contributed by atoms with van der Waals surface area (Å²) in [5, 5.41) is 19.2. The number of aromatic amines is 1. The van der Waals surface area contributed by atoms with E-state index in [4.69, 9.17) is 0 Å². The molecule has 0 saturated carbocycles. The summed E-state index contributed by atoms with van der Waals surface area (Å²) in [7, 11) is 0. The summed E-state index contributed by atoms with van der Waals surface area (Å²) in [4.78, 5) is 25.8. The first kappa shape index (κ1) is 18.3. The van der Waals surface area contributed by atoms with E-state index in [0.29, 0.717) is 5.69 Å². The normalized spacial score (nSPS) is 16.9. The number of nitriles is 1. The third-order valence-corrected chi connectivity index (χ3v) is 5.90. The number of nitrogens with one attached hydrogen (secondary N) is 2.